The Hall–Kier alpha value is -3.64. The first kappa shape index (κ1) is 27.0. The molecule has 0 radical (unpaired) electrons. The third kappa shape index (κ3) is 7.43. The van der Waals surface area contributed by atoms with Crippen LogP contribution in [0.1, 0.15) is 15.9 Å². The Morgan fingerprint density at radius 2 is 1.69 bits per heavy atom. The number of halogens is 3. The predicted molar refractivity (Wildman–Crippen MR) is 131 cm³/mol. The first-order chi connectivity index (χ1) is 16.9. The topological polar surface area (TPSA) is 105 Å². The molecule has 3 N–H and O–H groups in total. The molecular formula is C24H29F3N6O3. The third-order valence-corrected chi connectivity index (χ3v) is 5.61. The highest BCUT2D eigenvalue weighted by Gasteiger charge is 2.38. The summed E-state index contributed by atoms with van der Waals surface area (Å²) in [4.78, 5) is 36.0. The molecule has 9 nitrogen and oxygen atoms in total. The fourth-order valence-electron chi connectivity index (χ4n) is 3.51. The van der Waals surface area contributed by atoms with Crippen molar-refractivity contribution < 1.29 is 27.9 Å². The van der Waals surface area contributed by atoms with Gasteiger partial charge in [0.1, 0.15) is 0 Å². The number of hydrogen-bond acceptors (Lipinski definition) is 6. The number of benzene rings is 2. The van der Waals surface area contributed by atoms with E-state index in [1.165, 1.54) is 5.56 Å². The molecule has 1 aliphatic heterocycles. The minimum absolute atomic E-state index is 0.125. The molecule has 1 amide bonds. The summed E-state index contributed by atoms with van der Waals surface area (Å²) in [6.07, 6.45) is -5.08. The summed E-state index contributed by atoms with van der Waals surface area (Å²) in [5.74, 6) is -2.11. The number of nitrogens with zero attached hydrogens (tertiary/aromatic N) is 4. The van der Waals surface area contributed by atoms with Gasteiger partial charge in [-0.1, -0.05) is 12.1 Å². The maximum atomic E-state index is 12.7. The maximum Gasteiger partial charge on any atom is 0.490 e. The van der Waals surface area contributed by atoms with E-state index < -0.39 is 12.1 Å². The lowest BCUT2D eigenvalue weighted by Crippen LogP contribution is -2.43. The van der Waals surface area contributed by atoms with E-state index >= 15 is 0 Å². The van der Waals surface area contributed by atoms with Gasteiger partial charge in [0.25, 0.3) is 5.91 Å². The number of piperazine rings is 1. The number of likely N-dealkylation sites (N-methyl/N-ethyl adjacent to an activating group) is 1. The second kappa shape index (κ2) is 11.4. The Kier molecular flexibility index (Phi) is 8.53. The molecule has 12 heteroatoms. The van der Waals surface area contributed by atoms with Gasteiger partial charge in [0.05, 0.1) is 11.0 Å². The van der Waals surface area contributed by atoms with Crippen LogP contribution in [0.5, 0.6) is 0 Å². The SMILES string of the molecule is CN1CCN(Cc2ccc(NC(=O)c3ccc4nc(N(C)C)[nH]c4c3)cc2)CC1.O=C(O)C(F)(F)F. The van der Waals surface area contributed by atoms with Gasteiger partial charge in [-0.2, -0.15) is 13.2 Å². The first-order valence-electron chi connectivity index (χ1n) is 11.2. The number of rotatable bonds is 5. The van der Waals surface area contributed by atoms with Crippen molar-refractivity contribution >= 4 is 34.5 Å². The van der Waals surface area contributed by atoms with Crippen molar-refractivity contribution in [2.45, 2.75) is 12.7 Å². The molecule has 0 unspecified atom stereocenters. The van der Waals surface area contributed by atoms with Crippen LogP contribution in [0.15, 0.2) is 42.5 Å². The van der Waals surface area contributed by atoms with Crippen LogP contribution in [0.2, 0.25) is 0 Å². The lowest BCUT2D eigenvalue weighted by molar-refractivity contribution is -0.192. The van der Waals surface area contributed by atoms with E-state index in [2.05, 4.69) is 44.3 Å². The fraction of sp³-hybridized carbons (Fsp3) is 0.375. The molecule has 0 atom stereocenters. The monoisotopic (exact) mass is 506 g/mol. The number of amides is 1. The van der Waals surface area contributed by atoms with Crippen LogP contribution in [0.3, 0.4) is 0 Å². The quantitative estimate of drug-likeness (QED) is 0.488. The molecule has 2 aromatic carbocycles. The third-order valence-electron chi connectivity index (χ3n) is 5.61. The number of aromatic amines is 1. The molecule has 2 heterocycles. The van der Waals surface area contributed by atoms with Crippen LogP contribution >= 0.6 is 0 Å². The Labute approximate surface area is 206 Å². The summed E-state index contributed by atoms with van der Waals surface area (Å²) in [5, 5.41) is 10.1. The largest absolute Gasteiger partial charge is 0.490 e. The van der Waals surface area contributed by atoms with Gasteiger partial charge in [-0.3, -0.25) is 9.69 Å². The van der Waals surface area contributed by atoms with E-state index in [0.717, 1.165) is 55.4 Å². The van der Waals surface area contributed by atoms with Crippen molar-refractivity contribution in [1.29, 1.82) is 0 Å². The Balaban J connectivity index is 0.000000454. The smallest absolute Gasteiger partial charge is 0.475 e. The van der Waals surface area contributed by atoms with Gasteiger partial charge in [-0.25, -0.2) is 9.78 Å². The van der Waals surface area contributed by atoms with E-state index in [0.29, 0.717) is 5.56 Å². The maximum absolute atomic E-state index is 12.7. The highest BCUT2D eigenvalue weighted by molar-refractivity contribution is 6.06. The number of H-pyrrole nitrogens is 1. The van der Waals surface area contributed by atoms with Crippen molar-refractivity contribution in [3.8, 4) is 0 Å². The molecular weight excluding hydrogens is 477 g/mol. The number of carbonyl (C=O) groups excluding carboxylic acids is 1. The molecule has 4 rings (SSSR count). The zero-order valence-corrected chi connectivity index (χ0v) is 20.3. The summed E-state index contributed by atoms with van der Waals surface area (Å²) < 4.78 is 31.7. The summed E-state index contributed by atoms with van der Waals surface area (Å²) in [7, 11) is 6.03. The summed E-state index contributed by atoms with van der Waals surface area (Å²) in [6, 6.07) is 13.6. The second-order valence-corrected chi connectivity index (χ2v) is 8.72. The molecule has 1 aliphatic rings. The average Bonchev–Trinajstić information content (AvgIpc) is 3.25. The van der Waals surface area contributed by atoms with Crippen LogP contribution in [0.25, 0.3) is 11.0 Å². The molecule has 1 aromatic heterocycles. The van der Waals surface area contributed by atoms with Gasteiger partial charge >= 0.3 is 12.1 Å². The van der Waals surface area contributed by atoms with Crippen molar-refractivity contribution in [2.75, 3.05) is 57.5 Å². The van der Waals surface area contributed by atoms with Crippen molar-refractivity contribution in [1.82, 2.24) is 19.8 Å². The van der Waals surface area contributed by atoms with Gasteiger partial charge in [-0.15, -0.1) is 0 Å². The zero-order valence-electron chi connectivity index (χ0n) is 20.3. The molecule has 0 bridgehead atoms. The highest BCUT2D eigenvalue weighted by atomic mass is 19.4. The van der Waals surface area contributed by atoms with Crippen LogP contribution < -0.4 is 10.2 Å². The van der Waals surface area contributed by atoms with Gasteiger partial charge in [0, 0.05) is 58.1 Å². The van der Waals surface area contributed by atoms with E-state index in [1.54, 1.807) is 6.07 Å². The molecule has 1 saturated heterocycles. The van der Waals surface area contributed by atoms with Crippen LogP contribution in [0.4, 0.5) is 24.8 Å². The van der Waals surface area contributed by atoms with Crippen LogP contribution in [-0.4, -0.2) is 90.2 Å². The van der Waals surface area contributed by atoms with E-state index in [4.69, 9.17) is 9.90 Å². The number of carboxylic acids is 1. The van der Waals surface area contributed by atoms with Gasteiger partial charge in [-0.05, 0) is 42.9 Å². The van der Waals surface area contributed by atoms with Gasteiger partial charge < -0.3 is 25.2 Å². The number of nitrogens with one attached hydrogen (secondary N) is 2. The lowest BCUT2D eigenvalue weighted by atomic mass is 10.1. The van der Waals surface area contributed by atoms with Gasteiger partial charge in [0.15, 0.2) is 0 Å². The zero-order chi connectivity index (χ0) is 26.5. The van der Waals surface area contributed by atoms with Crippen molar-refractivity contribution in [3.63, 3.8) is 0 Å². The first-order valence-corrected chi connectivity index (χ1v) is 11.2. The van der Waals surface area contributed by atoms with Crippen LogP contribution in [-0.2, 0) is 11.3 Å². The molecule has 0 saturated carbocycles. The lowest BCUT2D eigenvalue weighted by Gasteiger charge is -2.32. The number of carbonyl (C=O) groups is 2. The molecule has 1 fully saturated rings. The number of aliphatic carboxylic acids is 1. The van der Waals surface area contributed by atoms with Crippen molar-refractivity contribution in [3.05, 3.63) is 53.6 Å². The number of hydrogen-bond donors (Lipinski definition) is 3. The second-order valence-electron chi connectivity index (χ2n) is 8.72. The Morgan fingerprint density at radius 3 is 2.25 bits per heavy atom. The number of aromatic nitrogens is 2. The van der Waals surface area contributed by atoms with E-state index in [9.17, 15) is 18.0 Å². The number of carboxylic acid groups (broad SMARTS) is 1. The normalized spacial score (nSPS) is 14.7. The minimum Gasteiger partial charge on any atom is -0.475 e. The summed E-state index contributed by atoms with van der Waals surface area (Å²) in [5.41, 5.74) is 4.37. The Bertz CT molecular complexity index is 1190. The number of imidazole rings is 1. The standard InChI is InChI=1S/C22H28N6O.C2HF3O2/c1-26(2)22-24-19-9-6-17(14-20(19)25-22)21(29)23-18-7-4-16(5-8-18)15-28-12-10-27(3)11-13-28;3-2(4,5)1(6)7/h4-9,14H,10-13,15H2,1-3H3,(H,23,29)(H,24,25);(H,6,7). The number of fused-ring (bicyclic) bond motifs is 1. The van der Waals surface area contributed by atoms with E-state index in [1.807, 2.05) is 43.3 Å². The molecule has 3 aromatic rings. The average molecular weight is 507 g/mol. The Morgan fingerprint density at radius 1 is 1.08 bits per heavy atom. The fourth-order valence-corrected chi connectivity index (χ4v) is 3.51. The van der Waals surface area contributed by atoms with E-state index in [-0.39, 0.29) is 5.91 Å². The molecule has 194 valence electrons. The molecule has 36 heavy (non-hydrogen) atoms. The molecule has 0 spiro atoms. The summed E-state index contributed by atoms with van der Waals surface area (Å²) >= 11 is 0. The van der Waals surface area contributed by atoms with Crippen LogP contribution in [0, 0.1) is 0 Å². The molecule has 0 aliphatic carbocycles. The highest BCUT2D eigenvalue weighted by Crippen LogP contribution is 2.19. The van der Waals surface area contributed by atoms with Crippen molar-refractivity contribution in [2.24, 2.45) is 0 Å². The minimum atomic E-state index is -5.08. The predicted octanol–water partition coefficient (Wildman–Crippen LogP) is 3.26. The summed E-state index contributed by atoms with van der Waals surface area (Å²) in [6.45, 7) is 5.38. The van der Waals surface area contributed by atoms with Gasteiger partial charge in [0.2, 0.25) is 5.95 Å². The number of alkyl halides is 3. The number of anilines is 2.